The first-order valence-electron chi connectivity index (χ1n) is 7.45. The smallest absolute Gasteiger partial charge is 0.306 e. The predicted octanol–water partition coefficient (Wildman–Crippen LogP) is 3.05. The molecule has 0 spiro atoms. The number of hydrogen-bond donors (Lipinski definition) is 2. The van der Waals surface area contributed by atoms with Gasteiger partial charge in [-0.15, -0.1) is 0 Å². The SMILES string of the molecule is CC(C)(CCNC1CCC(C(=O)O)CC1)C1CC1. The number of carbonyl (C=O) groups is 1. The Balaban J connectivity index is 1.62. The Kier molecular flexibility index (Phi) is 4.31. The minimum absolute atomic E-state index is 0.0917. The fraction of sp³-hybridized carbons (Fsp3) is 0.933. The van der Waals surface area contributed by atoms with Crippen LogP contribution in [0.25, 0.3) is 0 Å². The maximum atomic E-state index is 10.9. The summed E-state index contributed by atoms with van der Waals surface area (Å²) < 4.78 is 0. The molecule has 0 aliphatic heterocycles. The van der Waals surface area contributed by atoms with Crippen LogP contribution >= 0.6 is 0 Å². The van der Waals surface area contributed by atoms with Crippen molar-refractivity contribution in [2.45, 2.75) is 64.8 Å². The normalized spacial score (nSPS) is 29.2. The summed E-state index contributed by atoms with van der Waals surface area (Å²) in [6.45, 7) is 5.85. The lowest BCUT2D eigenvalue weighted by molar-refractivity contribution is -0.142. The second-order valence-electron chi connectivity index (χ2n) is 6.85. The predicted molar refractivity (Wildman–Crippen MR) is 72.5 cm³/mol. The van der Waals surface area contributed by atoms with Gasteiger partial charge in [0.05, 0.1) is 5.92 Å². The average molecular weight is 253 g/mol. The van der Waals surface area contributed by atoms with E-state index in [9.17, 15) is 4.79 Å². The van der Waals surface area contributed by atoms with Crippen LogP contribution in [-0.2, 0) is 4.79 Å². The molecule has 0 heterocycles. The lowest BCUT2D eigenvalue weighted by Gasteiger charge is -2.29. The van der Waals surface area contributed by atoms with Gasteiger partial charge in [-0.3, -0.25) is 4.79 Å². The molecule has 0 radical (unpaired) electrons. The van der Waals surface area contributed by atoms with Gasteiger partial charge in [0.2, 0.25) is 0 Å². The van der Waals surface area contributed by atoms with Crippen molar-refractivity contribution in [1.29, 1.82) is 0 Å². The quantitative estimate of drug-likeness (QED) is 0.765. The molecule has 2 aliphatic carbocycles. The summed E-state index contributed by atoms with van der Waals surface area (Å²) in [6.07, 6.45) is 7.82. The van der Waals surface area contributed by atoms with E-state index in [0.717, 1.165) is 38.1 Å². The van der Waals surface area contributed by atoms with Gasteiger partial charge >= 0.3 is 5.97 Å². The highest BCUT2D eigenvalue weighted by Gasteiger charge is 2.37. The molecule has 3 heteroatoms. The third-order valence-electron chi connectivity index (χ3n) is 4.96. The van der Waals surface area contributed by atoms with Crippen LogP contribution in [0.5, 0.6) is 0 Å². The van der Waals surface area contributed by atoms with Crippen LogP contribution in [0.4, 0.5) is 0 Å². The average Bonchev–Trinajstić information content (AvgIpc) is 3.13. The van der Waals surface area contributed by atoms with E-state index in [1.807, 2.05) is 0 Å². The van der Waals surface area contributed by atoms with Gasteiger partial charge < -0.3 is 10.4 Å². The van der Waals surface area contributed by atoms with Crippen molar-refractivity contribution in [1.82, 2.24) is 5.32 Å². The highest BCUT2D eigenvalue weighted by Crippen LogP contribution is 2.46. The first kappa shape index (κ1) is 13.9. The van der Waals surface area contributed by atoms with Crippen molar-refractivity contribution in [2.24, 2.45) is 17.3 Å². The number of rotatable bonds is 6. The van der Waals surface area contributed by atoms with Crippen molar-refractivity contribution in [3.63, 3.8) is 0 Å². The minimum Gasteiger partial charge on any atom is -0.481 e. The van der Waals surface area contributed by atoms with Crippen molar-refractivity contribution in [3.8, 4) is 0 Å². The molecule has 0 atom stereocenters. The molecule has 0 bridgehead atoms. The van der Waals surface area contributed by atoms with E-state index in [1.54, 1.807) is 0 Å². The Bertz CT molecular complexity index is 289. The molecular weight excluding hydrogens is 226 g/mol. The van der Waals surface area contributed by atoms with E-state index in [2.05, 4.69) is 19.2 Å². The monoisotopic (exact) mass is 253 g/mol. The molecule has 104 valence electrons. The van der Waals surface area contributed by atoms with Crippen molar-refractivity contribution >= 4 is 5.97 Å². The lowest BCUT2D eigenvalue weighted by atomic mass is 9.83. The molecule has 0 aromatic heterocycles. The lowest BCUT2D eigenvalue weighted by Crippen LogP contribution is -2.36. The highest BCUT2D eigenvalue weighted by molar-refractivity contribution is 5.70. The summed E-state index contributed by atoms with van der Waals surface area (Å²) >= 11 is 0. The van der Waals surface area contributed by atoms with Crippen LogP contribution in [0.3, 0.4) is 0 Å². The Morgan fingerprint density at radius 3 is 2.28 bits per heavy atom. The van der Waals surface area contributed by atoms with Gasteiger partial charge in [-0.1, -0.05) is 13.8 Å². The molecule has 2 rings (SSSR count). The number of carboxylic acids is 1. The molecule has 0 saturated heterocycles. The second kappa shape index (κ2) is 5.60. The summed E-state index contributed by atoms with van der Waals surface area (Å²) in [7, 11) is 0. The molecule has 2 fully saturated rings. The van der Waals surface area contributed by atoms with Crippen molar-refractivity contribution in [2.75, 3.05) is 6.54 Å². The minimum atomic E-state index is -0.608. The van der Waals surface area contributed by atoms with E-state index in [0.29, 0.717) is 11.5 Å². The Labute approximate surface area is 110 Å². The van der Waals surface area contributed by atoms with Gasteiger partial charge in [-0.2, -0.15) is 0 Å². The number of aliphatic carboxylic acids is 1. The molecule has 2 N–H and O–H groups in total. The fourth-order valence-corrected chi connectivity index (χ4v) is 3.21. The molecule has 0 unspecified atom stereocenters. The van der Waals surface area contributed by atoms with Gasteiger partial charge in [0.1, 0.15) is 0 Å². The van der Waals surface area contributed by atoms with Gasteiger partial charge in [0, 0.05) is 6.04 Å². The molecule has 0 amide bonds. The zero-order valence-corrected chi connectivity index (χ0v) is 11.7. The van der Waals surface area contributed by atoms with E-state index in [1.165, 1.54) is 19.3 Å². The zero-order chi connectivity index (χ0) is 13.2. The van der Waals surface area contributed by atoms with Gasteiger partial charge in [-0.05, 0) is 62.8 Å². The first-order valence-corrected chi connectivity index (χ1v) is 7.45. The Morgan fingerprint density at radius 2 is 1.78 bits per heavy atom. The summed E-state index contributed by atoms with van der Waals surface area (Å²) in [5.41, 5.74) is 0.491. The number of nitrogens with one attached hydrogen (secondary N) is 1. The van der Waals surface area contributed by atoms with Crippen LogP contribution in [0.2, 0.25) is 0 Å². The van der Waals surface area contributed by atoms with Crippen LogP contribution in [-0.4, -0.2) is 23.7 Å². The van der Waals surface area contributed by atoms with E-state index in [-0.39, 0.29) is 5.92 Å². The van der Waals surface area contributed by atoms with Gasteiger partial charge in [0.15, 0.2) is 0 Å². The maximum Gasteiger partial charge on any atom is 0.306 e. The van der Waals surface area contributed by atoms with Gasteiger partial charge in [0.25, 0.3) is 0 Å². The highest BCUT2D eigenvalue weighted by atomic mass is 16.4. The fourth-order valence-electron chi connectivity index (χ4n) is 3.21. The number of carboxylic acid groups (broad SMARTS) is 1. The van der Waals surface area contributed by atoms with Gasteiger partial charge in [-0.25, -0.2) is 0 Å². The zero-order valence-electron chi connectivity index (χ0n) is 11.7. The molecular formula is C15H27NO2. The third-order valence-corrected chi connectivity index (χ3v) is 4.96. The third kappa shape index (κ3) is 3.71. The summed E-state index contributed by atoms with van der Waals surface area (Å²) in [5.74, 6) is 0.247. The summed E-state index contributed by atoms with van der Waals surface area (Å²) in [6, 6.07) is 0.551. The summed E-state index contributed by atoms with van der Waals surface area (Å²) in [4.78, 5) is 10.9. The topological polar surface area (TPSA) is 49.3 Å². The van der Waals surface area contributed by atoms with E-state index < -0.39 is 5.97 Å². The van der Waals surface area contributed by atoms with E-state index in [4.69, 9.17) is 5.11 Å². The van der Waals surface area contributed by atoms with Crippen molar-refractivity contribution in [3.05, 3.63) is 0 Å². The summed E-state index contributed by atoms with van der Waals surface area (Å²) in [5, 5.41) is 12.6. The van der Waals surface area contributed by atoms with Crippen LogP contribution in [0.15, 0.2) is 0 Å². The van der Waals surface area contributed by atoms with Crippen LogP contribution in [0, 0.1) is 17.3 Å². The maximum absolute atomic E-state index is 10.9. The van der Waals surface area contributed by atoms with Crippen LogP contribution < -0.4 is 5.32 Å². The Hall–Kier alpha value is -0.570. The molecule has 2 aliphatic rings. The van der Waals surface area contributed by atoms with E-state index >= 15 is 0 Å². The molecule has 18 heavy (non-hydrogen) atoms. The van der Waals surface area contributed by atoms with Crippen LogP contribution in [0.1, 0.15) is 58.8 Å². The second-order valence-corrected chi connectivity index (χ2v) is 6.85. The first-order chi connectivity index (χ1) is 8.49. The number of hydrogen-bond acceptors (Lipinski definition) is 2. The molecule has 0 aromatic carbocycles. The molecule has 3 nitrogen and oxygen atoms in total. The largest absolute Gasteiger partial charge is 0.481 e. The standard InChI is InChI=1S/C15H27NO2/c1-15(2,12-5-6-12)9-10-16-13-7-3-11(4-8-13)14(17)18/h11-13,16H,3-10H2,1-2H3,(H,17,18). The molecule has 2 saturated carbocycles. The van der Waals surface area contributed by atoms with Crippen molar-refractivity contribution < 1.29 is 9.90 Å². The Morgan fingerprint density at radius 1 is 1.17 bits per heavy atom. The molecule has 0 aromatic rings.